The van der Waals surface area contributed by atoms with Gasteiger partial charge in [0.25, 0.3) is 11.8 Å². The van der Waals surface area contributed by atoms with E-state index in [0.29, 0.717) is 15.5 Å². The normalized spacial score (nSPS) is 13.7. The van der Waals surface area contributed by atoms with E-state index in [2.05, 4.69) is 0 Å². The van der Waals surface area contributed by atoms with Gasteiger partial charge >= 0.3 is 12.1 Å². The van der Waals surface area contributed by atoms with Crippen LogP contribution in [0.4, 0.5) is 18.9 Å². The molecule has 0 aliphatic carbocycles. The summed E-state index contributed by atoms with van der Waals surface area (Å²) >= 11 is 5.97. The van der Waals surface area contributed by atoms with E-state index < -0.39 is 47.1 Å². The van der Waals surface area contributed by atoms with Crippen molar-refractivity contribution in [3.05, 3.63) is 135 Å². The number of benzene rings is 4. The predicted octanol–water partition coefficient (Wildman–Crippen LogP) is 6.94. The number of halogens is 4. The summed E-state index contributed by atoms with van der Waals surface area (Å²) < 4.78 is 46.3. The van der Waals surface area contributed by atoms with Crippen LogP contribution in [0.25, 0.3) is 0 Å². The number of amides is 2. The molecule has 0 saturated heterocycles. The zero-order chi connectivity index (χ0) is 28.6. The number of fused-ring (bicyclic) bond motifs is 1. The number of ketones is 1. The zero-order valence-corrected chi connectivity index (χ0v) is 21.1. The van der Waals surface area contributed by atoms with Crippen LogP contribution in [-0.4, -0.2) is 23.6 Å². The summed E-state index contributed by atoms with van der Waals surface area (Å²) in [5.41, 5.74) is -1.78. The minimum absolute atomic E-state index is 0.173. The molecule has 40 heavy (non-hydrogen) atoms. The monoisotopic (exact) mass is 563 g/mol. The van der Waals surface area contributed by atoms with Gasteiger partial charge in [-0.1, -0.05) is 66.2 Å². The molecule has 1 aliphatic heterocycles. The molecule has 0 N–H and O–H groups in total. The average Bonchev–Trinajstić information content (AvgIpc) is 3.20. The number of imide groups is 1. The van der Waals surface area contributed by atoms with E-state index in [0.717, 1.165) is 24.3 Å². The molecule has 0 fully saturated rings. The highest BCUT2D eigenvalue weighted by atomic mass is 35.5. The molecule has 0 aromatic heterocycles. The molecular formula is C30H17ClF3NO5. The van der Waals surface area contributed by atoms with E-state index in [4.69, 9.17) is 16.3 Å². The van der Waals surface area contributed by atoms with E-state index in [-0.39, 0.29) is 22.3 Å². The van der Waals surface area contributed by atoms with Crippen LogP contribution >= 0.6 is 11.6 Å². The number of alkyl halides is 3. The first kappa shape index (κ1) is 26.8. The van der Waals surface area contributed by atoms with E-state index in [1.807, 2.05) is 0 Å². The minimum atomic E-state index is -4.82. The Bertz CT molecular complexity index is 1650. The summed E-state index contributed by atoms with van der Waals surface area (Å²) in [6.07, 6.45) is -6.18. The van der Waals surface area contributed by atoms with E-state index >= 15 is 0 Å². The fourth-order valence-electron chi connectivity index (χ4n) is 4.33. The summed E-state index contributed by atoms with van der Waals surface area (Å²) in [5.74, 6) is -3.49. The molecule has 0 unspecified atom stereocenters. The lowest BCUT2D eigenvalue weighted by molar-refractivity contribution is -0.137. The first-order valence-electron chi connectivity index (χ1n) is 11.8. The van der Waals surface area contributed by atoms with Crippen LogP contribution in [0.5, 0.6) is 0 Å². The zero-order valence-electron chi connectivity index (χ0n) is 20.3. The SMILES string of the molecule is O=C(O[C@H](C(=O)c1ccccc1)c1ccc(Cl)cc1)c1ccc2c(c1)C(=O)N(c1ccccc1C(F)(F)F)C2=O. The number of Topliss-reactive ketones (excluding diaryl/α,β-unsaturated/α-hetero) is 1. The van der Waals surface area contributed by atoms with Gasteiger partial charge in [-0.2, -0.15) is 13.2 Å². The Hall–Kier alpha value is -4.76. The second-order valence-corrected chi connectivity index (χ2v) is 9.22. The third-order valence-electron chi connectivity index (χ3n) is 6.27. The van der Waals surface area contributed by atoms with Crippen molar-refractivity contribution in [2.75, 3.05) is 4.90 Å². The molecular weight excluding hydrogens is 547 g/mol. The Balaban J connectivity index is 1.47. The largest absolute Gasteiger partial charge is 0.445 e. The standard InChI is InChI=1S/C30H17ClF3NO5/c31-20-13-10-18(11-14-20)26(25(36)17-6-2-1-3-7-17)40-29(39)19-12-15-21-22(16-19)28(38)35(27(21)37)24-9-5-4-8-23(24)30(32,33)34/h1-16,26H/t26-/m0/s1. The molecule has 4 aromatic rings. The topological polar surface area (TPSA) is 80.8 Å². The molecule has 6 nitrogen and oxygen atoms in total. The molecule has 1 heterocycles. The molecule has 0 radical (unpaired) electrons. The van der Waals surface area contributed by atoms with Gasteiger partial charge in [0.1, 0.15) is 0 Å². The van der Waals surface area contributed by atoms with Crippen molar-refractivity contribution in [2.45, 2.75) is 12.3 Å². The third-order valence-corrected chi connectivity index (χ3v) is 6.52. The molecule has 200 valence electrons. The first-order chi connectivity index (χ1) is 19.1. The molecule has 0 saturated carbocycles. The Labute approximate surface area is 230 Å². The summed E-state index contributed by atoms with van der Waals surface area (Å²) in [6, 6.07) is 21.9. The van der Waals surface area contributed by atoms with Gasteiger partial charge in [0.2, 0.25) is 5.78 Å². The first-order valence-corrected chi connectivity index (χ1v) is 12.2. The lowest BCUT2D eigenvalue weighted by Gasteiger charge is -2.19. The Kier molecular flexibility index (Phi) is 6.99. The van der Waals surface area contributed by atoms with Crippen molar-refractivity contribution in [1.82, 2.24) is 0 Å². The lowest BCUT2D eigenvalue weighted by atomic mass is 9.99. The maximum atomic E-state index is 13.6. The van der Waals surface area contributed by atoms with Crippen molar-refractivity contribution < 1.29 is 37.1 Å². The van der Waals surface area contributed by atoms with E-state index in [1.54, 1.807) is 30.3 Å². The van der Waals surface area contributed by atoms with Crippen molar-refractivity contribution in [3.63, 3.8) is 0 Å². The van der Waals surface area contributed by atoms with Crippen LogP contribution < -0.4 is 4.90 Å². The van der Waals surface area contributed by atoms with Gasteiger partial charge in [-0.05, 0) is 42.5 Å². The van der Waals surface area contributed by atoms with Crippen LogP contribution in [0.2, 0.25) is 5.02 Å². The van der Waals surface area contributed by atoms with E-state index in [9.17, 15) is 32.3 Å². The number of hydrogen-bond acceptors (Lipinski definition) is 5. The molecule has 0 spiro atoms. The maximum Gasteiger partial charge on any atom is 0.418 e. The molecule has 4 aromatic carbocycles. The van der Waals surface area contributed by atoms with Gasteiger partial charge in [0.15, 0.2) is 6.10 Å². The minimum Gasteiger partial charge on any atom is -0.445 e. The van der Waals surface area contributed by atoms with Gasteiger partial charge in [-0.15, -0.1) is 0 Å². The van der Waals surface area contributed by atoms with Crippen LogP contribution in [0, 0.1) is 0 Å². The van der Waals surface area contributed by atoms with Gasteiger partial charge in [-0.25, -0.2) is 9.69 Å². The highest BCUT2D eigenvalue weighted by molar-refractivity contribution is 6.35. The lowest BCUT2D eigenvalue weighted by Crippen LogP contribution is -2.31. The smallest absolute Gasteiger partial charge is 0.418 e. The number of nitrogens with zero attached hydrogens (tertiary/aromatic N) is 1. The third kappa shape index (κ3) is 4.99. The van der Waals surface area contributed by atoms with Gasteiger partial charge < -0.3 is 4.74 Å². The molecule has 5 rings (SSSR count). The fraction of sp³-hybridized carbons (Fsp3) is 0.0667. The molecule has 1 atom stereocenters. The van der Waals surface area contributed by atoms with Crippen LogP contribution in [0.3, 0.4) is 0 Å². The Morgan fingerprint density at radius 1 is 0.750 bits per heavy atom. The number of ether oxygens (including phenoxy) is 1. The summed E-state index contributed by atoms with van der Waals surface area (Å²) in [4.78, 5) is 53.0. The Morgan fingerprint density at radius 2 is 1.38 bits per heavy atom. The molecule has 0 bridgehead atoms. The van der Waals surface area contributed by atoms with Gasteiger partial charge in [0.05, 0.1) is 27.9 Å². The number of rotatable bonds is 6. The second-order valence-electron chi connectivity index (χ2n) is 8.79. The van der Waals surface area contributed by atoms with Crippen molar-refractivity contribution in [1.29, 1.82) is 0 Å². The predicted molar refractivity (Wildman–Crippen MR) is 139 cm³/mol. The molecule has 10 heteroatoms. The number of anilines is 1. The highest BCUT2D eigenvalue weighted by Gasteiger charge is 2.42. The van der Waals surface area contributed by atoms with Crippen molar-refractivity contribution in [3.8, 4) is 0 Å². The van der Waals surface area contributed by atoms with Crippen molar-refractivity contribution >= 4 is 40.9 Å². The number of esters is 1. The highest BCUT2D eigenvalue weighted by Crippen LogP contribution is 2.39. The maximum absolute atomic E-state index is 13.6. The summed E-state index contributed by atoms with van der Waals surface area (Å²) in [5, 5.41) is 0.402. The van der Waals surface area contributed by atoms with Gasteiger partial charge in [0, 0.05) is 16.1 Å². The van der Waals surface area contributed by atoms with Gasteiger partial charge in [-0.3, -0.25) is 14.4 Å². The van der Waals surface area contributed by atoms with Crippen LogP contribution in [0.1, 0.15) is 58.7 Å². The summed E-state index contributed by atoms with van der Waals surface area (Å²) in [7, 11) is 0. The Morgan fingerprint density at radius 3 is 2.05 bits per heavy atom. The van der Waals surface area contributed by atoms with Crippen LogP contribution in [0.15, 0.2) is 97.1 Å². The number of hydrogen-bond donors (Lipinski definition) is 0. The summed E-state index contributed by atoms with van der Waals surface area (Å²) in [6.45, 7) is 0. The number of carbonyl (C=O) groups is 4. The second kappa shape index (κ2) is 10.4. The number of para-hydroxylation sites is 1. The van der Waals surface area contributed by atoms with Crippen molar-refractivity contribution in [2.24, 2.45) is 0 Å². The van der Waals surface area contributed by atoms with E-state index in [1.165, 1.54) is 42.5 Å². The molecule has 2 amide bonds. The quantitative estimate of drug-likeness (QED) is 0.144. The van der Waals surface area contributed by atoms with Crippen LogP contribution in [-0.2, 0) is 10.9 Å². The molecule has 1 aliphatic rings. The number of carbonyl (C=O) groups excluding carboxylic acids is 4. The average molecular weight is 564 g/mol. The fourth-order valence-corrected chi connectivity index (χ4v) is 4.46.